The van der Waals surface area contributed by atoms with Crippen LogP contribution in [0.4, 0.5) is 0 Å². The third-order valence-electron chi connectivity index (χ3n) is 7.23. The number of carbonyl (C=O) groups excluding carboxylic acids is 2. The molecule has 3 aromatic rings. The third kappa shape index (κ3) is 5.17. The van der Waals surface area contributed by atoms with Crippen LogP contribution < -0.4 is 4.74 Å². The van der Waals surface area contributed by atoms with Crippen LogP contribution in [-0.4, -0.2) is 33.4 Å². The van der Waals surface area contributed by atoms with Crippen molar-refractivity contribution in [1.29, 1.82) is 0 Å². The Morgan fingerprint density at radius 1 is 0.947 bits per heavy atom. The molecule has 0 bridgehead atoms. The minimum atomic E-state index is -0.788. The second kappa shape index (κ2) is 10.7. The normalized spacial score (nSPS) is 18.6. The van der Waals surface area contributed by atoms with Crippen LogP contribution in [0.5, 0.6) is 11.5 Å². The van der Waals surface area contributed by atoms with Gasteiger partial charge in [0.25, 0.3) is 11.7 Å². The summed E-state index contributed by atoms with van der Waals surface area (Å²) in [4.78, 5) is 28.2. The number of ketones is 1. The van der Waals surface area contributed by atoms with Gasteiger partial charge in [0.05, 0.1) is 18.2 Å². The topological polar surface area (TPSA) is 87.1 Å². The summed E-state index contributed by atoms with van der Waals surface area (Å²) >= 11 is 0. The van der Waals surface area contributed by atoms with E-state index in [0.29, 0.717) is 23.7 Å². The van der Waals surface area contributed by atoms with Crippen LogP contribution in [-0.2, 0) is 29.0 Å². The van der Waals surface area contributed by atoms with Crippen molar-refractivity contribution in [3.8, 4) is 11.5 Å². The van der Waals surface area contributed by atoms with Gasteiger partial charge in [-0.3, -0.25) is 9.59 Å². The summed E-state index contributed by atoms with van der Waals surface area (Å²) in [5, 5.41) is 21.3. The Morgan fingerprint density at radius 3 is 2.32 bits per heavy atom. The second-order valence-electron chi connectivity index (χ2n) is 10.6. The molecule has 6 nitrogen and oxygen atoms in total. The van der Waals surface area contributed by atoms with Crippen LogP contribution in [0.1, 0.15) is 60.5 Å². The van der Waals surface area contributed by atoms with Crippen LogP contribution in [0.15, 0.2) is 72.3 Å². The molecule has 2 aliphatic rings. The number of phenolic OH excluding ortho intramolecular Hbond substituents is 1. The molecule has 1 aliphatic carbocycles. The predicted octanol–water partition coefficient (Wildman–Crippen LogP) is 5.93. The predicted molar refractivity (Wildman–Crippen MR) is 146 cm³/mol. The first kappa shape index (κ1) is 25.6. The Bertz CT molecular complexity index is 1370. The van der Waals surface area contributed by atoms with Gasteiger partial charge >= 0.3 is 0 Å². The lowest BCUT2D eigenvalue weighted by atomic mass is 9.88. The molecule has 0 saturated carbocycles. The van der Waals surface area contributed by atoms with Crippen LogP contribution in [0.3, 0.4) is 0 Å². The molecule has 1 atom stereocenters. The van der Waals surface area contributed by atoms with Crippen LogP contribution >= 0.6 is 0 Å². The van der Waals surface area contributed by atoms with E-state index in [2.05, 4.69) is 13.8 Å². The summed E-state index contributed by atoms with van der Waals surface area (Å²) in [6, 6.07) is 18.9. The molecule has 38 heavy (non-hydrogen) atoms. The maximum Gasteiger partial charge on any atom is 0.295 e. The van der Waals surface area contributed by atoms with Crippen molar-refractivity contribution in [2.45, 2.75) is 52.1 Å². The van der Waals surface area contributed by atoms with Crippen molar-refractivity contribution >= 4 is 17.4 Å². The van der Waals surface area contributed by atoms with Gasteiger partial charge in [0.1, 0.15) is 17.3 Å². The number of fused-ring (bicyclic) bond motifs is 1. The Morgan fingerprint density at radius 2 is 1.63 bits per heavy atom. The van der Waals surface area contributed by atoms with Crippen molar-refractivity contribution in [1.82, 2.24) is 4.90 Å². The van der Waals surface area contributed by atoms with Crippen LogP contribution in [0, 0.1) is 5.92 Å². The molecule has 196 valence electrons. The molecule has 5 rings (SSSR count). The monoisotopic (exact) mass is 511 g/mol. The number of aliphatic hydroxyl groups is 1. The molecule has 0 spiro atoms. The van der Waals surface area contributed by atoms with E-state index in [-0.39, 0.29) is 23.6 Å². The Kier molecular flexibility index (Phi) is 7.23. The standard InChI is InChI=1S/C32H33NO5/c1-20(2)19-38-27-15-7-21(8-16-27)18-33-29(23-11-13-26(34)14-12-23)28(31(36)32(33)37)30(35)25-10-9-22-5-3-4-6-24(22)17-25/h7-17,20,29,34-35H,3-6,18-19H2,1-2H3/b30-28-. The summed E-state index contributed by atoms with van der Waals surface area (Å²) in [6.45, 7) is 4.95. The van der Waals surface area contributed by atoms with Gasteiger partial charge in [-0.1, -0.05) is 50.2 Å². The number of benzene rings is 3. The number of aliphatic hydroxyl groups excluding tert-OH is 1. The number of hydrogen-bond donors (Lipinski definition) is 2. The zero-order chi connectivity index (χ0) is 26.8. The molecule has 1 amide bonds. The molecule has 1 fully saturated rings. The molecular formula is C32H33NO5. The average Bonchev–Trinajstić information content (AvgIpc) is 3.17. The van der Waals surface area contributed by atoms with Crippen LogP contribution in [0.25, 0.3) is 5.76 Å². The largest absolute Gasteiger partial charge is 0.508 e. The first-order valence-corrected chi connectivity index (χ1v) is 13.2. The van der Waals surface area contributed by atoms with E-state index in [1.807, 2.05) is 42.5 Å². The average molecular weight is 512 g/mol. The number of amides is 1. The number of Topliss-reactive ketones (excluding diaryl/α,β-unsaturated/α-hetero) is 1. The van der Waals surface area contributed by atoms with E-state index >= 15 is 0 Å². The molecule has 1 unspecified atom stereocenters. The first-order chi connectivity index (χ1) is 18.3. The molecule has 1 heterocycles. The number of phenols is 1. The molecule has 0 aromatic heterocycles. The fourth-order valence-corrected chi connectivity index (χ4v) is 5.23. The number of aromatic hydroxyl groups is 1. The zero-order valence-corrected chi connectivity index (χ0v) is 21.8. The van der Waals surface area contributed by atoms with E-state index < -0.39 is 17.7 Å². The third-order valence-corrected chi connectivity index (χ3v) is 7.23. The van der Waals surface area contributed by atoms with E-state index in [1.165, 1.54) is 28.2 Å². The fraction of sp³-hybridized carbons (Fsp3) is 0.312. The quantitative estimate of drug-likeness (QED) is 0.233. The van der Waals surface area contributed by atoms with Gasteiger partial charge in [0, 0.05) is 12.1 Å². The van der Waals surface area contributed by atoms with E-state index in [1.54, 1.807) is 12.1 Å². The lowest BCUT2D eigenvalue weighted by molar-refractivity contribution is -0.140. The lowest BCUT2D eigenvalue weighted by Crippen LogP contribution is -2.29. The highest BCUT2D eigenvalue weighted by Crippen LogP contribution is 2.41. The zero-order valence-electron chi connectivity index (χ0n) is 21.8. The second-order valence-corrected chi connectivity index (χ2v) is 10.6. The number of nitrogens with zero attached hydrogens (tertiary/aromatic N) is 1. The number of carbonyl (C=O) groups is 2. The molecule has 0 radical (unpaired) electrons. The van der Waals surface area contributed by atoms with Crippen molar-refractivity contribution in [3.05, 3.63) is 100 Å². The first-order valence-electron chi connectivity index (χ1n) is 13.2. The highest BCUT2D eigenvalue weighted by atomic mass is 16.5. The SMILES string of the molecule is CC(C)COc1ccc(CN2C(=O)C(=O)/C(=C(\O)c3ccc4c(c3)CCCC4)C2c2ccc(O)cc2)cc1. The smallest absolute Gasteiger partial charge is 0.295 e. The Balaban J connectivity index is 1.52. The van der Waals surface area contributed by atoms with Gasteiger partial charge in [0.15, 0.2) is 0 Å². The maximum atomic E-state index is 13.4. The molecular weight excluding hydrogens is 478 g/mol. The lowest BCUT2D eigenvalue weighted by Gasteiger charge is -2.26. The number of aryl methyl sites for hydroxylation is 2. The number of ether oxygens (including phenoxy) is 1. The van der Waals surface area contributed by atoms with Crippen molar-refractivity contribution < 1.29 is 24.5 Å². The summed E-state index contributed by atoms with van der Waals surface area (Å²) < 4.78 is 5.77. The minimum Gasteiger partial charge on any atom is -0.508 e. The van der Waals surface area contributed by atoms with E-state index in [4.69, 9.17) is 4.74 Å². The Hall–Kier alpha value is -4.06. The molecule has 6 heteroatoms. The number of rotatable bonds is 7. The van der Waals surface area contributed by atoms with Crippen LogP contribution in [0.2, 0.25) is 0 Å². The highest BCUT2D eigenvalue weighted by molar-refractivity contribution is 6.46. The number of likely N-dealkylation sites (tertiary alicyclic amines) is 1. The van der Waals surface area contributed by atoms with Gasteiger partial charge in [-0.2, -0.15) is 0 Å². The van der Waals surface area contributed by atoms with Gasteiger partial charge in [0.2, 0.25) is 0 Å². The molecule has 2 N–H and O–H groups in total. The summed E-state index contributed by atoms with van der Waals surface area (Å²) in [7, 11) is 0. The van der Waals surface area contributed by atoms with Crippen molar-refractivity contribution in [2.75, 3.05) is 6.61 Å². The van der Waals surface area contributed by atoms with E-state index in [0.717, 1.165) is 37.0 Å². The van der Waals surface area contributed by atoms with Gasteiger partial charge in [-0.15, -0.1) is 0 Å². The minimum absolute atomic E-state index is 0.0633. The van der Waals surface area contributed by atoms with Crippen molar-refractivity contribution in [2.24, 2.45) is 5.92 Å². The number of hydrogen-bond acceptors (Lipinski definition) is 5. The maximum absolute atomic E-state index is 13.4. The van der Waals surface area contributed by atoms with Crippen molar-refractivity contribution in [3.63, 3.8) is 0 Å². The summed E-state index contributed by atoms with van der Waals surface area (Å²) in [5.74, 6) is -0.320. The molecule has 1 saturated heterocycles. The highest BCUT2D eigenvalue weighted by Gasteiger charge is 2.46. The summed E-state index contributed by atoms with van der Waals surface area (Å²) in [5.41, 5.74) is 4.52. The van der Waals surface area contributed by atoms with Gasteiger partial charge < -0.3 is 19.8 Å². The van der Waals surface area contributed by atoms with E-state index in [9.17, 15) is 19.8 Å². The Labute approximate surface area is 223 Å². The van der Waals surface area contributed by atoms with Gasteiger partial charge in [-0.05, 0) is 84.2 Å². The summed E-state index contributed by atoms with van der Waals surface area (Å²) in [6.07, 6.45) is 4.18. The molecule has 1 aliphatic heterocycles. The fourth-order valence-electron chi connectivity index (χ4n) is 5.23. The van der Waals surface area contributed by atoms with Gasteiger partial charge in [-0.25, -0.2) is 0 Å². The molecule has 3 aromatic carbocycles.